The van der Waals surface area contributed by atoms with E-state index < -0.39 is 6.10 Å². The van der Waals surface area contributed by atoms with Gasteiger partial charge < -0.3 is 19.7 Å². The summed E-state index contributed by atoms with van der Waals surface area (Å²) in [7, 11) is 0. The highest BCUT2D eigenvalue weighted by atomic mass is 16.5. The molecule has 2 aromatic carbocycles. The van der Waals surface area contributed by atoms with Gasteiger partial charge in [-0.2, -0.15) is 4.98 Å². The zero-order valence-electron chi connectivity index (χ0n) is 15.0. The highest BCUT2D eigenvalue weighted by molar-refractivity contribution is 5.94. The zero-order chi connectivity index (χ0) is 19.0. The molecular weight excluding hydrogens is 346 g/mol. The lowest BCUT2D eigenvalue weighted by molar-refractivity contribution is 0.0930. The van der Waals surface area contributed by atoms with E-state index in [0.717, 1.165) is 11.1 Å². The summed E-state index contributed by atoms with van der Waals surface area (Å²) < 4.78 is 10.7. The molecule has 7 heteroatoms. The molecule has 0 aliphatic carbocycles. The van der Waals surface area contributed by atoms with Crippen LogP contribution in [0, 0.1) is 6.92 Å². The summed E-state index contributed by atoms with van der Waals surface area (Å²) in [6, 6.07) is 12.3. The molecule has 0 saturated heterocycles. The maximum Gasteiger partial charge on any atom is 0.251 e. The van der Waals surface area contributed by atoms with Crippen molar-refractivity contribution in [3.63, 3.8) is 0 Å². The summed E-state index contributed by atoms with van der Waals surface area (Å²) in [5.74, 6) is 1.48. The number of hydrogen-bond donors (Lipinski definition) is 2. The molecule has 138 valence electrons. The normalized spacial score (nSPS) is 16.5. The van der Waals surface area contributed by atoms with Crippen LogP contribution in [0.25, 0.3) is 11.4 Å². The summed E-state index contributed by atoms with van der Waals surface area (Å²) in [4.78, 5) is 16.8. The Balaban J connectivity index is 1.53. The standard InChI is InChI=1S/C20H19N3O4/c1-11(24)13-4-3-5-15(8-13)20(25)22-17-10-26-18-9-14(6-7-16(17)18)19-21-12(2)27-23-19/h3-9,11,17,24H,10H2,1-2H3,(H,22,25)/t11-,17-/m1/s1. The van der Waals surface area contributed by atoms with Crippen LogP contribution in [0.2, 0.25) is 0 Å². The predicted octanol–water partition coefficient (Wildman–Crippen LogP) is 2.96. The van der Waals surface area contributed by atoms with E-state index in [-0.39, 0.29) is 11.9 Å². The van der Waals surface area contributed by atoms with Crippen LogP contribution < -0.4 is 10.1 Å². The monoisotopic (exact) mass is 365 g/mol. The van der Waals surface area contributed by atoms with Gasteiger partial charge in [0.25, 0.3) is 5.91 Å². The van der Waals surface area contributed by atoms with Crippen LogP contribution in [0.5, 0.6) is 5.75 Å². The van der Waals surface area contributed by atoms with Gasteiger partial charge in [0.1, 0.15) is 12.4 Å². The third-order valence-corrected chi connectivity index (χ3v) is 4.52. The Hall–Kier alpha value is -3.19. The van der Waals surface area contributed by atoms with Crippen molar-refractivity contribution >= 4 is 5.91 Å². The molecule has 0 unspecified atom stereocenters. The van der Waals surface area contributed by atoms with Crippen molar-refractivity contribution in [1.29, 1.82) is 0 Å². The molecule has 1 aliphatic rings. The fourth-order valence-corrected chi connectivity index (χ4v) is 3.07. The van der Waals surface area contributed by atoms with Crippen molar-refractivity contribution < 1.29 is 19.2 Å². The van der Waals surface area contributed by atoms with Crippen LogP contribution in [0.15, 0.2) is 47.0 Å². The first-order chi connectivity index (χ1) is 13.0. The number of aliphatic hydroxyl groups is 1. The van der Waals surface area contributed by atoms with Gasteiger partial charge in [-0.1, -0.05) is 29.4 Å². The van der Waals surface area contributed by atoms with Crippen LogP contribution in [-0.2, 0) is 0 Å². The molecule has 0 spiro atoms. The number of rotatable bonds is 4. The Morgan fingerprint density at radius 2 is 2.15 bits per heavy atom. The number of aryl methyl sites for hydroxylation is 1. The van der Waals surface area contributed by atoms with Crippen LogP contribution >= 0.6 is 0 Å². The van der Waals surface area contributed by atoms with Gasteiger partial charge in [-0.15, -0.1) is 0 Å². The molecule has 7 nitrogen and oxygen atoms in total. The summed E-state index contributed by atoms with van der Waals surface area (Å²) >= 11 is 0. The maximum absolute atomic E-state index is 12.6. The molecule has 2 N–H and O–H groups in total. The number of benzene rings is 2. The van der Waals surface area contributed by atoms with E-state index in [1.54, 1.807) is 38.1 Å². The highest BCUT2D eigenvalue weighted by Gasteiger charge is 2.27. The van der Waals surface area contributed by atoms with Crippen molar-refractivity contribution in [3.05, 3.63) is 65.0 Å². The Bertz CT molecular complexity index is 996. The van der Waals surface area contributed by atoms with Gasteiger partial charge in [0.2, 0.25) is 11.7 Å². The third-order valence-electron chi connectivity index (χ3n) is 4.52. The second-order valence-electron chi connectivity index (χ2n) is 6.53. The first-order valence-electron chi connectivity index (χ1n) is 8.67. The van der Waals surface area contributed by atoms with E-state index in [9.17, 15) is 9.90 Å². The first-order valence-corrected chi connectivity index (χ1v) is 8.67. The third kappa shape index (κ3) is 3.41. The number of nitrogens with one attached hydrogen (secondary N) is 1. The molecular formula is C20H19N3O4. The zero-order valence-corrected chi connectivity index (χ0v) is 15.0. The molecule has 27 heavy (non-hydrogen) atoms. The summed E-state index contributed by atoms with van der Waals surface area (Å²) in [6.07, 6.45) is -0.625. The number of hydrogen-bond acceptors (Lipinski definition) is 6. The van der Waals surface area contributed by atoms with E-state index in [0.29, 0.717) is 35.2 Å². The predicted molar refractivity (Wildman–Crippen MR) is 97.2 cm³/mol. The highest BCUT2D eigenvalue weighted by Crippen LogP contribution is 2.35. The minimum atomic E-state index is -0.625. The fourth-order valence-electron chi connectivity index (χ4n) is 3.07. The van der Waals surface area contributed by atoms with Gasteiger partial charge in [-0.25, -0.2) is 0 Å². The van der Waals surface area contributed by atoms with Gasteiger partial charge in [0, 0.05) is 23.6 Å². The Morgan fingerprint density at radius 3 is 2.89 bits per heavy atom. The molecule has 0 radical (unpaired) electrons. The lowest BCUT2D eigenvalue weighted by atomic mass is 10.0. The number of aromatic nitrogens is 2. The van der Waals surface area contributed by atoms with Gasteiger partial charge >= 0.3 is 0 Å². The van der Waals surface area contributed by atoms with Crippen molar-refractivity contribution in [1.82, 2.24) is 15.5 Å². The molecule has 1 aliphatic heterocycles. The molecule has 1 aromatic heterocycles. The molecule has 2 heterocycles. The summed E-state index contributed by atoms with van der Waals surface area (Å²) in [6.45, 7) is 3.76. The van der Waals surface area contributed by atoms with E-state index in [2.05, 4.69) is 15.5 Å². The summed E-state index contributed by atoms with van der Waals surface area (Å²) in [5, 5.41) is 16.6. The van der Waals surface area contributed by atoms with Crippen molar-refractivity contribution in [2.75, 3.05) is 6.61 Å². The second-order valence-corrected chi connectivity index (χ2v) is 6.53. The molecule has 1 amide bonds. The van der Waals surface area contributed by atoms with Gasteiger partial charge in [-0.05, 0) is 30.7 Å². The number of carbonyl (C=O) groups excluding carboxylic acids is 1. The second kappa shape index (κ2) is 6.85. The lowest BCUT2D eigenvalue weighted by Crippen LogP contribution is -2.29. The largest absolute Gasteiger partial charge is 0.491 e. The van der Waals surface area contributed by atoms with Gasteiger partial charge in [-0.3, -0.25) is 4.79 Å². The Kier molecular flexibility index (Phi) is 4.37. The number of fused-ring (bicyclic) bond motifs is 1. The average Bonchev–Trinajstić information content (AvgIpc) is 3.28. The van der Waals surface area contributed by atoms with Gasteiger partial charge in [0.15, 0.2) is 0 Å². The van der Waals surface area contributed by atoms with E-state index >= 15 is 0 Å². The Morgan fingerprint density at radius 1 is 1.30 bits per heavy atom. The van der Waals surface area contributed by atoms with Crippen LogP contribution in [0.1, 0.15) is 46.4 Å². The molecule has 0 saturated carbocycles. The topological polar surface area (TPSA) is 97.5 Å². The van der Waals surface area contributed by atoms with Crippen LogP contribution in [-0.4, -0.2) is 27.8 Å². The number of carbonyl (C=O) groups is 1. The molecule has 3 aromatic rings. The van der Waals surface area contributed by atoms with E-state index in [1.807, 2.05) is 18.2 Å². The number of aliphatic hydroxyl groups excluding tert-OH is 1. The van der Waals surface area contributed by atoms with Crippen LogP contribution in [0.3, 0.4) is 0 Å². The quantitative estimate of drug-likeness (QED) is 0.738. The number of ether oxygens (including phenoxy) is 1. The summed E-state index contributed by atoms with van der Waals surface area (Å²) in [5.41, 5.74) is 2.90. The van der Waals surface area contributed by atoms with Crippen molar-refractivity contribution in [3.8, 4) is 17.1 Å². The molecule has 2 atom stereocenters. The average molecular weight is 365 g/mol. The lowest BCUT2D eigenvalue weighted by Gasteiger charge is -2.13. The van der Waals surface area contributed by atoms with Crippen molar-refractivity contribution in [2.45, 2.75) is 26.0 Å². The smallest absolute Gasteiger partial charge is 0.251 e. The van der Waals surface area contributed by atoms with E-state index in [1.165, 1.54) is 0 Å². The van der Waals surface area contributed by atoms with Crippen LogP contribution in [0.4, 0.5) is 0 Å². The maximum atomic E-state index is 12.6. The van der Waals surface area contributed by atoms with Crippen molar-refractivity contribution in [2.24, 2.45) is 0 Å². The fraction of sp³-hybridized carbons (Fsp3) is 0.250. The Labute approximate surface area is 156 Å². The van der Waals surface area contributed by atoms with E-state index in [4.69, 9.17) is 9.26 Å². The minimum Gasteiger partial charge on any atom is -0.491 e. The molecule has 0 bridgehead atoms. The number of amides is 1. The molecule has 0 fully saturated rings. The number of nitrogens with zero attached hydrogens (tertiary/aromatic N) is 2. The molecule has 4 rings (SSSR count). The minimum absolute atomic E-state index is 0.211. The van der Waals surface area contributed by atoms with Gasteiger partial charge in [0.05, 0.1) is 12.1 Å². The SMILES string of the molecule is Cc1nc(-c2ccc3c(c2)OC[C@H]3NC(=O)c2cccc([C@@H](C)O)c2)no1. The first kappa shape index (κ1) is 17.2.